The average Bonchev–Trinajstić information content (AvgIpc) is 2.67. The van der Waals surface area contributed by atoms with Crippen LogP contribution in [0.3, 0.4) is 0 Å². The Bertz CT molecular complexity index is 279. The van der Waals surface area contributed by atoms with Crippen molar-refractivity contribution in [3.05, 3.63) is 12.5 Å². The predicted molar refractivity (Wildman–Crippen MR) is 54.4 cm³/mol. The van der Waals surface area contributed by atoms with Crippen LogP contribution in [0.4, 0.5) is 0 Å². The van der Waals surface area contributed by atoms with E-state index in [0.29, 0.717) is 6.10 Å². The molecule has 0 saturated carbocycles. The van der Waals surface area contributed by atoms with Gasteiger partial charge >= 0.3 is 0 Å². The SMILES string of the molecule is CCn1cncc1OC1CCCNC1. The Morgan fingerprint density at radius 1 is 1.71 bits per heavy atom. The van der Waals surface area contributed by atoms with E-state index in [-0.39, 0.29) is 0 Å². The molecule has 2 heterocycles. The summed E-state index contributed by atoms with van der Waals surface area (Å²) < 4.78 is 7.88. The van der Waals surface area contributed by atoms with Gasteiger partial charge in [0.25, 0.3) is 0 Å². The summed E-state index contributed by atoms with van der Waals surface area (Å²) in [6.45, 7) is 5.07. The fourth-order valence-electron chi connectivity index (χ4n) is 1.74. The van der Waals surface area contributed by atoms with E-state index >= 15 is 0 Å². The van der Waals surface area contributed by atoms with Crippen molar-refractivity contribution in [2.75, 3.05) is 13.1 Å². The quantitative estimate of drug-likeness (QED) is 0.783. The number of ether oxygens (including phenoxy) is 1. The summed E-state index contributed by atoms with van der Waals surface area (Å²) >= 11 is 0. The van der Waals surface area contributed by atoms with Crippen LogP contribution in [0.15, 0.2) is 12.5 Å². The Morgan fingerprint density at radius 3 is 3.36 bits per heavy atom. The lowest BCUT2D eigenvalue weighted by atomic mass is 10.1. The number of aryl methyl sites for hydroxylation is 1. The van der Waals surface area contributed by atoms with Crippen molar-refractivity contribution in [3.63, 3.8) is 0 Å². The number of hydrogen-bond acceptors (Lipinski definition) is 3. The molecule has 1 atom stereocenters. The molecule has 1 saturated heterocycles. The molecule has 0 radical (unpaired) electrons. The highest BCUT2D eigenvalue weighted by Gasteiger charge is 2.15. The number of piperidine rings is 1. The Hall–Kier alpha value is -1.03. The summed E-state index contributed by atoms with van der Waals surface area (Å²) in [5, 5.41) is 3.33. The summed E-state index contributed by atoms with van der Waals surface area (Å²) in [5.74, 6) is 0.890. The lowest BCUT2D eigenvalue weighted by Crippen LogP contribution is -2.37. The van der Waals surface area contributed by atoms with E-state index in [4.69, 9.17) is 4.74 Å². The summed E-state index contributed by atoms with van der Waals surface area (Å²) in [7, 11) is 0. The van der Waals surface area contributed by atoms with Gasteiger partial charge in [0.15, 0.2) is 0 Å². The average molecular weight is 195 g/mol. The van der Waals surface area contributed by atoms with Gasteiger partial charge in [0.2, 0.25) is 5.88 Å². The van der Waals surface area contributed by atoms with Crippen LogP contribution in [0.25, 0.3) is 0 Å². The van der Waals surface area contributed by atoms with E-state index in [0.717, 1.165) is 31.9 Å². The molecular formula is C10H17N3O. The zero-order chi connectivity index (χ0) is 9.80. The lowest BCUT2D eigenvalue weighted by Gasteiger charge is -2.23. The topological polar surface area (TPSA) is 39.1 Å². The first kappa shape index (κ1) is 9.52. The maximum Gasteiger partial charge on any atom is 0.213 e. The molecule has 4 heteroatoms. The number of imidazole rings is 1. The summed E-state index contributed by atoms with van der Waals surface area (Å²) in [6.07, 6.45) is 6.25. The smallest absolute Gasteiger partial charge is 0.213 e. The van der Waals surface area contributed by atoms with Crippen LogP contribution >= 0.6 is 0 Å². The Labute approximate surface area is 84.3 Å². The molecule has 0 aromatic carbocycles. The van der Waals surface area contributed by atoms with Gasteiger partial charge in [-0.1, -0.05) is 0 Å². The standard InChI is InChI=1S/C10H17N3O/c1-2-13-8-12-7-10(13)14-9-4-3-5-11-6-9/h7-9,11H,2-6H2,1H3. The number of rotatable bonds is 3. The normalized spacial score (nSPS) is 22.2. The number of hydrogen-bond donors (Lipinski definition) is 1. The molecule has 1 aliphatic heterocycles. The monoisotopic (exact) mass is 195 g/mol. The third-order valence-corrected chi connectivity index (χ3v) is 2.55. The van der Waals surface area contributed by atoms with Crippen LogP contribution in [0.5, 0.6) is 5.88 Å². The fraction of sp³-hybridized carbons (Fsp3) is 0.700. The largest absolute Gasteiger partial charge is 0.473 e. The van der Waals surface area contributed by atoms with Gasteiger partial charge in [0.1, 0.15) is 6.10 Å². The van der Waals surface area contributed by atoms with E-state index in [1.54, 1.807) is 6.20 Å². The molecule has 78 valence electrons. The highest BCUT2D eigenvalue weighted by atomic mass is 16.5. The molecule has 1 fully saturated rings. The molecule has 1 N–H and O–H groups in total. The van der Waals surface area contributed by atoms with Crippen molar-refractivity contribution >= 4 is 0 Å². The zero-order valence-electron chi connectivity index (χ0n) is 8.57. The molecule has 1 aromatic heterocycles. The van der Waals surface area contributed by atoms with Crippen molar-refractivity contribution in [1.82, 2.24) is 14.9 Å². The van der Waals surface area contributed by atoms with Gasteiger partial charge in [-0.25, -0.2) is 4.98 Å². The number of aromatic nitrogens is 2. The Morgan fingerprint density at radius 2 is 2.64 bits per heavy atom. The van der Waals surface area contributed by atoms with Gasteiger partial charge in [-0.3, -0.25) is 0 Å². The van der Waals surface area contributed by atoms with E-state index in [1.165, 1.54) is 6.42 Å². The minimum absolute atomic E-state index is 0.311. The number of nitrogens with one attached hydrogen (secondary N) is 1. The van der Waals surface area contributed by atoms with Crippen LogP contribution in [0.2, 0.25) is 0 Å². The fourth-order valence-corrected chi connectivity index (χ4v) is 1.74. The molecule has 14 heavy (non-hydrogen) atoms. The van der Waals surface area contributed by atoms with Crippen LogP contribution in [0, 0.1) is 0 Å². The van der Waals surface area contributed by atoms with Crippen molar-refractivity contribution in [1.29, 1.82) is 0 Å². The number of nitrogens with zero attached hydrogens (tertiary/aromatic N) is 2. The second kappa shape index (κ2) is 4.46. The van der Waals surface area contributed by atoms with Gasteiger partial charge in [-0.05, 0) is 26.3 Å². The third kappa shape index (κ3) is 2.07. The van der Waals surface area contributed by atoms with Gasteiger partial charge in [-0.15, -0.1) is 0 Å². The summed E-state index contributed by atoms with van der Waals surface area (Å²) in [5.41, 5.74) is 0. The molecule has 0 aliphatic carbocycles. The molecule has 0 amide bonds. The molecular weight excluding hydrogens is 178 g/mol. The van der Waals surface area contributed by atoms with Gasteiger partial charge in [0.05, 0.1) is 12.5 Å². The maximum absolute atomic E-state index is 5.86. The minimum Gasteiger partial charge on any atom is -0.473 e. The highest BCUT2D eigenvalue weighted by molar-refractivity contribution is 5.06. The van der Waals surface area contributed by atoms with Crippen molar-refractivity contribution in [2.45, 2.75) is 32.4 Å². The summed E-state index contributed by atoms with van der Waals surface area (Å²) in [6, 6.07) is 0. The molecule has 1 unspecified atom stereocenters. The first-order chi connectivity index (χ1) is 6.90. The first-order valence-electron chi connectivity index (χ1n) is 5.27. The van der Waals surface area contributed by atoms with Crippen LogP contribution in [0.1, 0.15) is 19.8 Å². The van der Waals surface area contributed by atoms with Crippen molar-refractivity contribution in [2.24, 2.45) is 0 Å². The predicted octanol–water partition coefficient (Wildman–Crippen LogP) is 1.03. The molecule has 2 rings (SSSR count). The van der Waals surface area contributed by atoms with Crippen LogP contribution in [-0.2, 0) is 6.54 Å². The second-order valence-corrected chi connectivity index (χ2v) is 3.60. The summed E-state index contributed by atoms with van der Waals surface area (Å²) in [4.78, 5) is 4.08. The van der Waals surface area contributed by atoms with E-state index < -0.39 is 0 Å². The highest BCUT2D eigenvalue weighted by Crippen LogP contribution is 2.14. The van der Waals surface area contributed by atoms with Crippen molar-refractivity contribution < 1.29 is 4.74 Å². The first-order valence-corrected chi connectivity index (χ1v) is 5.27. The molecule has 1 aromatic rings. The lowest BCUT2D eigenvalue weighted by molar-refractivity contribution is 0.154. The van der Waals surface area contributed by atoms with E-state index in [1.807, 2.05) is 10.9 Å². The molecule has 0 spiro atoms. The molecule has 1 aliphatic rings. The van der Waals surface area contributed by atoms with Crippen LogP contribution < -0.4 is 10.1 Å². The van der Waals surface area contributed by atoms with E-state index in [2.05, 4.69) is 17.2 Å². The maximum atomic E-state index is 5.86. The van der Waals surface area contributed by atoms with Crippen molar-refractivity contribution in [3.8, 4) is 5.88 Å². The van der Waals surface area contributed by atoms with Gasteiger partial charge in [-0.2, -0.15) is 0 Å². The molecule has 4 nitrogen and oxygen atoms in total. The zero-order valence-corrected chi connectivity index (χ0v) is 8.57. The van der Waals surface area contributed by atoms with E-state index in [9.17, 15) is 0 Å². The Balaban J connectivity index is 1.95. The van der Waals surface area contributed by atoms with Gasteiger partial charge < -0.3 is 14.6 Å². The third-order valence-electron chi connectivity index (χ3n) is 2.55. The van der Waals surface area contributed by atoms with Crippen LogP contribution in [-0.4, -0.2) is 28.7 Å². The van der Waals surface area contributed by atoms with Gasteiger partial charge in [0, 0.05) is 13.1 Å². The minimum atomic E-state index is 0.311. The second-order valence-electron chi connectivity index (χ2n) is 3.60. The molecule has 0 bridgehead atoms. The Kier molecular flexibility index (Phi) is 3.03.